The van der Waals surface area contributed by atoms with Gasteiger partial charge >= 0.3 is 51.4 Å². The van der Waals surface area contributed by atoms with Crippen molar-refractivity contribution in [3.8, 4) is 0 Å². The molecule has 17 heavy (non-hydrogen) atoms. The number of hydrogen-bond acceptors (Lipinski definition) is 4. The van der Waals surface area contributed by atoms with Gasteiger partial charge in [-0.1, -0.05) is 18.7 Å². The van der Waals surface area contributed by atoms with E-state index < -0.39 is 0 Å². The molecule has 1 aromatic rings. The second-order valence-electron chi connectivity index (χ2n) is 3.20. The molecule has 0 aliphatic carbocycles. The van der Waals surface area contributed by atoms with E-state index in [0.29, 0.717) is 5.75 Å². The first-order valence-electron chi connectivity index (χ1n) is 4.68. The van der Waals surface area contributed by atoms with Crippen LogP contribution in [0.15, 0.2) is 30.1 Å². The molecule has 0 unspecified atom stereocenters. The van der Waals surface area contributed by atoms with Gasteiger partial charge in [0.1, 0.15) is 12.7 Å². The molecule has 3 nitrogen and oxygen atoms in total. The van der Waals surface area contributed by atoms with Crippen LogP contribution in [0.5, 0.6) is 0 Å². The summed E-state index contributed by atoms with van der Waals surface area (Å²) in [6.07, 6.45) is 5.51. The van der Waals surface area contributed by atoms with Crippen molar-refractivity contribution in [2.75, 3.05) is 0 Å². The maximum absolute atomic E-state index is 10.6. The Kier molecular flexibility index (Phi) is 13.9. The molecule has 0 aliphatic heterocycles. The van der Waals surface area contributed by atoms with Gasteiger partial charge in [0.25, 0.3) is 0 Å². The Bertz CT molecular complexity index is 368. The molecule has 0 radical (unpaired) electrons. The van der Waals surface area contributed by atoms with Crippen LogP contribution in [-0.2, 0) is 30.2 Å². The summed E-state index contributed by atoms with van der Waals surface area (Å²) in [5, 5.41) is 0.128. The minimum Gasteiger partial charge on any atom is -0.785 e. The monoisotopic (exact) mass is 295 g/mol. The Morgan fingerprint density at radius 2 is 2.12 bits per heavy atom. The van der Waals surface area contributed by atoms with Crippen molar-refractivity contribution >= 4 is 29.5 Å². The zero-order valence-electron chi connectivity index (χ0n) is 10.8. The van der Waals surface area contributed by atoms with E-state index in [4.69, 9.17) is 0 Å². The molecule has 88 valence electrons. The topological polar surface area (TPSA) is 33.8 Å². The Labute approximate surface area is 155 Å². The van der Waals surface area contributed by atoms with Gasteiger partial charge in [-0.3, -0.25) is 4.79 Å². The number of rotatable bonds is 2. The number of hydrogen-bond donors (Lipinski definition) is 0. The van der Waals surface area contributed by atoms with Gasteiger partial charge in [-0.15, -0.1) is 6.58 Å². The zero-order valence-corrected chi connectivity index (χ0v) is 15.5. The first kappa shape index (κ1) is 20.0. The summed E-state index contributed by atoms with van der Waals surface area (Å²) < 4.78 is 1.92. The molecule has 0 saturated heterocycles. The summed E-state index contributed by atoms with van der Waals surface area (Å²) in [5.41, 5.74) is 0.931. The number of carbonyl (C=O) groups is 1. The van der Waals surface area contributed by atoms with Crippen LogP contribution in [-0.4, -0.2) is 10.1 Å². The van der Waals surface area contributed by atoms with Crippen LogP contribution in [0.25, 0.3) is 0 Å². The molecule has 0 spiro atoms. The average Bonchev–Trinajstić information content (AvgIpc) is 2.14. The third kappa shape index (κ3) is 14.6. The van der Waals surface area contributed by atoms with Crippen molar-refractivity contribution in [1.82, 2.24) is 4.98 Å². The number of thioether (sulfide) groups is 1. The molecule has 0 fully saturated rings. The fraction of sp³-hybridized carbons (Fsp3) is 0.364. The summed E-state index contributed by atoms with van der Waals surface area (Å²) in [4.78, 5) is 15.5. The molecule has 0 saturated carbocycles. The fourth-order valence-electron chi connectivity index (χ4n) is 0.796. The van der Waals surface area contributed by atoms with Crippen molar-refractivity contribution < 1.29 is 60.7 Å². The minimum absolute atomic E-state index is 0. The van der Waals surface area contributed by atoms with Crippen molar-refractivity contribution in [1.29, 1.82) is 0 Å². The number of carbonyl (C=O) groups excluding carboxylic acids is 1. The average molecular weight is 295 g/mol. The Morgan fingerprint density at radius 3 is 2.53 bits per heavy atom. The predicted molar refractivity (Wildman–Crippen MR) is 69.6 cm³/mol. The third-order valence-electron chi connectivity index (χ3n) is 1.32. The molecule has 0 N–H and O–H groups in total. The SMILES string of the molecule is C=C(C)[S-].CC(=O)SCc1c[n+](C)ccn1.[K+]. The molecule has 1 rings (SSSR count). The van der Waals surface area contributed by atoms with Crippen LogP contribution in [0.4, 0.5) is 0 Å². The molecular weight excluding hydrogens is 279 g/mol. The van der Waals surface area contributed by atoms with Crippen LogP contribution in [0.1, 0.15) is 19.5 Å². The molecular formula is C11H16KN2OS2+. The first-order chi connectivity index (χ1) is 7.41. The molecule has 1 aromatic heterocycles. The van der Waals surface area contributed by atoms with Gasteiger partial charge in [0.2, 0.25) is 0 Å². The van der Waals surface area contributed by atoms with E-state index in [1.807, 2.05) is 24.0 Å². The maximum Gasteiger partial charge on any atom is 1.00 e. The number of nitrogens with zero attached hydrogens (tertiary/aromatic N) is 2. The van der Waals surface area contributed by atoms with Gasteiger partial charge < -0.3 is 12.6 Å². The van der Waals surface area contributed by atoms with Crippen LogP contribution < -0.4 is 56.0 Å². The van der Waals surface area contributed by atoms with Crippen LogP contribution in [0, 0.1) is 0 Å². The quantitative estimate of drug-likeness (QED) is 0.388. The van der Waals surface area contributed by atoms with Crippen molar-refractivity contribution in [2.24, 2.45) is 7.05 Å². The van der Waals surface area contributed by atoms with Gasteiger partial charge in [0.15, 0.2) is 17.5 Å². The van der Waals surface area contributed by atoms with E-state index in [9.17, 15) is 4.79 Å². The maximum atomic E-state index is 10.6. The van der Waals surface area contributed by atoms with E-state index in [0.717, 1.165) is 10.6 Å². The number of allylic oxidation sites excluding steroid dienone is 1. The number of aromatic nitrogens is 2. The summed E-state index contributed by atoms with van der Waals surface area (Å²) >= 11 is 5.70. The van der Waals surface area contributed by atoms with E-state index in [-0.39, 0.29) is 56.5 Å². The predicted octanol–water partition coefficient (Wildman–Crippen LogP) is -1.24. The Hall–Kier alpha value is 0.696. The number of aryl methyl sites for hydroxylation is 1. The molecule has 0 atom stereocenters. The van der Waals surface area contributed by atoms with Crippen LogP contribution >= 0.6 is 11.8 Å². The van der Waals surface area contributed by atoms with E-state index >= 15 is 0 Å². The van der Waals surface area contributed by atoms with Crippen molar-refractivity contribution in [3.05, 3.63) is 35.8 Å². The van der Waals surface area contributed by atoms with E-state index in [2.05, 4.69) is 24.2 Å². The molecule has 0 aliphatic rings. The summed E-state index contributed by atoms with van der Waals surface area (Å²) in [7, 11) is 1.93. The molecule has 1 heterocycles. The Balaban J connectivity index is 0. The van der Waals surface area contributed by atoms with Gasteiger partial charge in [0.05, 0.1) is 6.20 Å². The molecule has 0 amide bonds. The molecule has 6 heteroatoms. The van der Waals surface area contributed by atoms with Gasteiger partial charge in [0, 0.05) is 12.7 Å². The smallest absolute Gasteiger partial charge is 0.785 e. The van der Waals surface area contributed by atoms with Crippen LogP contribution in [0.2, 0.25) is 0 Å². The van der Waals surface area contributed by atoms with Crippen molar-refractivity contribution in [2.45, 2.75) is 19.6 Å². The largest absolute Gasteiger partial charge is 1.00 e. The summed E-state index contributed by atoms with van der Waals surface area (Å²) in [6, 6.07) is 0. The van der Waals surface area contributed by atoms with E-state index in [1.165, 1.54) is 11.8 Å². The minimum atomic E-state index is 0. The third-order valence-corrected chi connectivity index (χ3v) is 2.16. The van der Waals surface area contributed by atoms with Gasteiger partial charge in [-0.05, 0) is 0 Å². The second-order valence-corrected chi connectivity index (χ2v) is 5.04. The van der Waals surface area contributed by atoms with E-state index in [1.54, 1.807) is 20.0 Å². The molecule has 0 aromatic carbocycles. The van der Waals surface area contributed by atoms with Gasteiger partial charge in [-0.2, -0.15) is 0 Å². The fourth-order valence-corrected chi connectivity index (χ4v) is 1.30. The van der Waals surface area contributed by atoms with Gasteiger partial charge in [-0.25, -0.2) is 14.5 Å². The standard InChI is InChI=1S/C8H11N2OS.C3H6S.K/c1-7(11)12-6-8-5-10(2)4-3-9-8;1-3(2)4;/h3-5H,6H2,1-2H3;4H,1H2,2H3;/q+1;;+1/p-1. The Morgan fingerprint density at radius 1 is 1.59 bits per heavy atom. The van der Waals surface area contributed by atoms with Crippen molar-refractivity contribution in [3.63, 3.8) is 0 Å². The second kappa shape index (κ2) is 11.8. The zero-order chi connectivity index (χ0) is 12.6. The normalized spacial score (nSPS) is 8.41. The summed E-state index contributed by atoms with van der Waals surface area (Å²) in [5.74, 6) is 0.657. The van der Waals surface area contributed by atoms with Crippen LogP contribution in [0.3, 0.4) is 0 Å². The first-order valence-corrected chi connectivity index (χ1v) is 6.07. The molecule has 0 bridgehead atoms. The summed E-state index contributed by atoms with van der Waals surface area (Å²) in [6.45, 7) is 6.72.